The van der Waals surface area contributed by atoms with Gasteiger partial charge in [-0.15, -0.1) is 11.3 Å². The second kappa shape index (κ2) is 8.39. The lowest BCUT2D eigenvalue weighted by Crippen LogP contribution is -2.14. The molecule has 0 fully saturated rings. The molecule has 1 aromatic carbocycles. The van der Waals surface area contributed by atoms with Crippen LogP contribution in [0.4, 0.5) is 5.69 Å². The average Bonchev–Trinajstić information content (AvgIpc) is 3.22. The lowest BCUT2D eigenvalue weighted by Gasteiger charge is -2.08. The summed E-state index contributed by atoms with van der Waals surface area (Å²) in [5, 5.41) is 3.73. The Hall–Kier alpha value is -1.64. The summed E-state index contributed by atoms with van der Waals surface area (Å²) < 4.78 is 0.994. The molecule has 0 bridgehead atoms. The Morgan fingerprint density at radius 1 is 1.39 bits per heavy atom. The number of aromatic nitrogens is 2. The molecule has 0 atom stereocenters. The smallest absolute Gasteiger partial charge is 0.259 e. The van der Waals surface area contributed by atoms with Gasteiger partial charge in [-0.2, -0.15) is 11.8 Å². The van der Waals surface area contributed by atoms with Crippen molar-refractivity contribution in [2.45, 2.75) is 38.4 Å². The highest BCUT2D eigenvalue weighted by Crippen LogP contribution is 2.34. The molecule has 3 aromatic rings. The van der Waals surface area contributed by atoms with E-state index in [9.17, 15) is 9.59 Å². The number of hydrogen-bond acceptors (Lipinski definition) is 5. The number of anilines is 1. The molecule has 5 nitrogen and oxygen atoms in total. The van der Waals surface area contributed by atoms with Crippen molar-refractivity contribution in [3.8, 4) is 0 Å². The van der Waals surface area contributed by atoms with E-state index in [0.717, 1.165) is 45.2 Å². The first-order chi connectivity index (χ1) is 13.5. The Labute approximate surface area is 179 Å². The van der Waals surface area contributed by atoms with E-state index < -0.39 is 0 Å². The average molecular weight is 478 g/mol. The molecule has 2 heterocycles. The number of halogens is 1. The van der Waals surface area contributed by atoms with E-state index in [1.165, 1.54) is 10.4 Å². The summed E-state index contributed by atoms with van der Waals surface area (Å²) in [5.74, 6) is 1.94. The molecule has 0 saturated carbocycles. The fraction of sp³-hybridized carbons (Fsp3) is 0.350. The van der Waals surface area contributed by atoms with E-state index in [0.29, 0.717) is 23.8 Å². The van der Waals surface area contributed by atoms with Gasteiger partial charge >= 0.3 is 0 Å². The van der Waals surface area contributed by atoms with E-state index in [2.05, 4.69) is 31.2 Å². The monoisotopic (exact) mass is 477 g/mol. The van der Waals surface area contributed by atoms with Gasteiger partial charge in [0, 0.05) is 27.2 Å². The molecule has 0 unspecified atom stereocenters. The molecule has 4 rings (SSSR count). The highest BCUT2D eigenvalue weighted by molar-refractivity contribution is 9.10. The highest BCUT2D eigenvalue weighted by atomic mass is 79.9. The van der Waals surface area contributed by atoms with Crippen molar-refractivity contribution in [1.82, 2.24) is 9.97 Å². The lowest BCUT2D eigenvalue weighted by molar-refractivity contribution is -0.115. The summed E-state index contributed by atoms with van der Waals surface area (Å²) in [7, 11) is 0. The topological polar surface area (TPSA) is 74.8 Å². The standard InChI is InChI=1S/C20H20BrN3O2S2/c1-11-9-12(21)5-6-14(11)22-17(25)7-8-27-10-16-23-19(26)18-13-3-2-4-15(13)28-20(18)24-16/h5-6,9H,2-4,7-8,10H2,1H3,(H,22,25)(H,23,24,26). The first kappa shape index (κ1) is 19.7. The Kier molecular flexibility index (Phi) is 5.89. The van der Waals surface area contributed by atoms with Crippen molar-refractivity contribution < 1.29 is 4.79 Å². The number of thioether (sulfide) groups is 1. The molecule has 1 aliphatic carbocycles. The van der Waals surface area contributed by atoms with E-state index in [1.54, 1.807) is 23.1 Å². The molecule has 1 amide bonds. The summed E-state index contributed by atoms with van der Waals surface area (Å²) in [5.41, 5.74) is 3.03. The Bertz CT molecular complexity index is 1110. The molecule has 146 valence electrons. The van der Waals surface area contributed by atoms with Crippen molar-refractivity contribution in [1.29, 1.82) is 0 Å². The van der Waals surface area contributed by atoms with Crippen molar-refractivity contribution in [2.75, 3.05) is 11.1 Å². The van der Waals surface area contributed by atoms with Gasteiger partial charge in [-0.05, 0) is 55.5 Å². The first-order valence-corrected chi connectivity index (χ1v) is 11.9. The van der Waals surface area contributed by atoms with E-state index in [4.69, 9.17) is 0 Å². The highest BCUT2D eigenvalue weighted by Gasteiger charge is 2.21. The normalized spacial score (nSPS) is 13.1. The van der Waals surface area contributed by atoms with Crippen LogP contribution in [0.2, 0.25) is 0 Å². The van der Waals surface area contributed by atoms with Crippen LogP contribution in [-0.2, 0) is 23.4 Å². The fourth-order valence-electron chi connectivity index (χ4n) is 3.43. The van der Waals surface area contributed by atoms with Gasteiger partial charge in [0.2, 0.25) is 5.91 Å². The lowest BCUT2D eigenvalue weighted by atomic mass is 10.2. The van der Waals surface area contributed by atoms with Gasteiger partial charge in [-0.3, -0.25) is 9.59 Å². The molecule has 0 spiro atoms. The summed E-state index contributed by atoms with van der Waals surface area (Å²) >= 11 is 6.68. The third-order valence-corrected chi connectivity index (χ3v) is 7.45. The Balaban J connectivity index is 1.31. The third-order valence-electron chi connectivity index (χ3n) is 4.80. The van der Waals surface area contributed by atoms with Crippen LogP contribution >= 0.6 is 39.0 Å². The summed E-state index contributed by atoms with van der Waals surface area (Å²) in [4.78, 5) is 34.3. The van der Waals surface area contributed by atoms with Crippen LogP contribution in [0, 0.1) is 6.92 Å². The minimum absolute atomic E-state index is 0.00971. The van der Waals surface area contributed by atoms with Crippen molar-refractivity contribution >= 4 is 60.8 Å². The minimum Gasteiger partial charge on any atom is -0.326 e. The summed E-state index contributed by atoms with van der Waals surface area (Å²) in [6, 6.07) is 5.78. The second-order valence-corrected chi connectivity index (χ2v) is 9.96. The number of carbonyl (C=O) groups excluding carboxylic acids is 1. The quantitative estimate of drug-likeness (QED) is 0.499. The first-order valence-electron chi connectivity index (χ1n) is 9.18. The predicted molar refractivity (Wildman–Crippen MR) is 121 cm³/mol. The van der Waals surface area contributed by atoms with Crippen LogP contribution in [0.1, 0.15) is 34.7 Å². The van der Waals surface area contributed by atoms with Crippen LogP contribution < -0.4 is 10.9 Å². The number of rotatable bonds is 6. The molecule has 2 N–H and O–H groups in total. The van der Waals surface area contributed by atoms with Gasteiger partial charge in [-0.1, -0.05) is 15.9 Å². The SMILES string of the molecule is Cc1cc(Br)ccc1NC(=O)CCSCc1nc2sc3c(c2c(=O)[nH]1)CCC3. The van der Waals surface area contributed by atoms with Crippen LogP contribution in [-0.4, -0.2) is 21.6 Å². The third kappa shape index (κ3) is 4.18. The van der Waals surface area contributed by atoms with Crippen LogP contribution in [0.15, 0.2) is 27.5 Å². The van der Waals surface area contributed by atoms with Crippen LogP contribution in [0.25, 0.3) is 10.2 Å². The number of nitrogens with one attached hydrogen (secondary N) is 2. The van der Waals surface area contributed by atoms with Crippen LogP contribution in [0.3, 0.4) is 0 Å². The molecule has 2 aromatic heterocycles. The molecule has 0 radical (unpaired) electrons. The van der Waals surface area contributed by atoms with Gasteiger partial charge in [-0.25, -0.2) is 4.98 Å². The number of fused-ring (bicyclic) bond motifs is 3. The molecular formula is C20H20BrN3O2S2. The van der Waals surface area contributed by atoms with Gasteiger partial charge in [0.05, 0.1) is 11.1 Å². The minimum atomic E-state index is -0.0246. The van der Waals surface area contributed by atoms with Gasteiger partial charge in [0.1, 0.15) is 10.7 Å². The van der Waals surface area contributed by atoms with Crippen molar-refractivity contribution in [3.63, 3.8) is 0 Å². The summed E-state index contributed by atoms with van der Waals surface area (Å²) in [6.07, 6.45) is 3.60. The number of carbonyl (C=O) groups is 1. The largest absolute Gasteiger partial charge is 0.326 e. The summed E-state index contributed by atoms with van der Waals surface area (Å²) in [6.45, 7) is 1.97. The Morgan fingerprint density at radius 3 is 3.07 bits per heavy atom. The number of benzene rings is 1. The molecule has 28 heavy (non-hydrogen) atoms. The number of hydrogen-bond donors (Lipinski definition) is 2. The van der Waals surface area contributed by atoms with Gasteiger partial charge in [0.25, 0.3) is 5.56 Å². The van der Waals surface area contributed by atoms with Gasteiger partial charge in [0.15, 0.2) is 0 Å². The number of H-pyrrole nitrogens is 1. The maximum absolute atomic E-state index is 12.5. The zero-order valence-electron chi connectivity index (χ0n) is 15.4. The number of aryl methyl sites for hydroxylation is 3. The predicted octanol–water partition coefficient (Wildman–Crippen LogP) is 4.81. The van der Waals surface area contributed by atoms with E-state index >= 15 is 0 Å². The molecule has 8 heteroatoms. The zero-order chi connectivity index (χ0) is 19.7. The molecule has 1 aliphatic rings. The van der Waals surface area contributed by atoms with Crippen molar-refractivity contribution in [2.24, 2.45) is 0 Å². The van der Waals surface area contributed by atoms with Crippen molar-refractivity contribution in [3.05, 3.63) is 54.9 Å². The molecule has 0 saturated heterocycles. The maximum atomic E-state index is 12.5. The van der Waals surface area contributed by atoms with Crippen LogP contribution in [0.5, 0.6) is 0 Å². The number of amides is 1. The number of aromatic amines is 1. The number of nitrogens with zero attached hydrogens (tertiary/aromatic N) is 1. The van der Waals surface area contributed by atoms with Gasteiger partial charge < -0.3 is 10.3 Å². The fourth-order valence-corrected chi connectivity index (χ4v) is 5.99. The molecule has 0 aliphatic heterocycles. The zero-order valence-corrected chi connectivity index (χ0v) is 18.7. The van der Waals surface area contributed by atoms with E-state index in [-0.39, 0.29) is 11.5 Å². The second-order valence-electron chi connectivity index (χ2n) is 6.86. The van der Waals surface area contributed by atoms with E-state index in [1.807, 2.05) is 25.1 Å². The molecular weight excluding hydrogens is 458 g/mol. The maximum Gasteiger partial charge on any atom is 0.259 e. The number of thiophene rings is 1. The Morgan fingerprint density at radius 2 is 2.25 bits per heavy atom.